The highest BCUT2D eigenvalue weighted by molar-refractivity contribution is 8.02. The maximum atomic E-state index is 15.1. The van der Waals surface area contributed by atoms with Gasteiger partial charge in [-0.25, -0.2) is 0 Å². The van der Waals surface area contributed by atoms with E-state index in [9.17, 15) is 14.7 Å². The van der Waals surface area contributed by atoms with E-state index in [1.165, 1.54) is 0 Å². The number of carbonyl (C=O) groups excluding carboxylic acids is 3. The van der Waals surface area contributed by atoms with Crippen molar-refractivity contribution in [3.05, 3.63) is 104 Å². The molecule has 3 aromatic carbocycles. The van der Waals surface area contributed by atoms with Gasteiger partial charge in [-0.15, -0.1) is 24.9 Å². The first-order valence-electron chi connectivity index (χ1n) is 16.7. The molecule has 47 heavy (non-hydrogen) atoms. The molecule has 3 aliphatic rings. The van der Waals surface area contributed by atoms with Crippen molar-refractivity contribution in [2.75, 3.05) is 24.6 Å². The predicted molar refractivity (Wildman–Crippen MR) is 190 cm³/mol. The van der Waals surface area contributed by atoms with Crippen molar-refractivity contribution in [3.63, 3.8) is 0 Å². The molecule has 3 saturated heterocycles. The molecular weight excluding hydrogens is 607 g/mol. The summed E-state index contributed by atoms with van der Waals surface area (Å²) in [7, 11) is 0. The topological polar surface area (TPSA) is 81.2 Å². The van der Waals surface area contributed by atoms with Crippen molar-refractivity contribution >= 4 is 45.9 Å². The largest absolute Gasteiger partial charge is 0.394 e. The van der Waals surface area contributed by atoms with Crippen molar-refractivity contribution in [3.8, 4) is 0 Å². The quantitative estimate of drug-likeness (QED) is 0.227. The first kappa shape index (κ1) is 33.0. The fourth-order valence-electron chi connectivity index (χ4n) is 8.17. The van der Waals surface area contributed by atoms with Crippen LogP contribution in [0.3, 0.4) is 0 Å². The second kappa shape index (κ2) is 13.7. The molecule has 8 heteroatoms. The van der Waals surface area contributed by atoms with Crippen LogP contribution in [-0.4, -0.2) is 74.4 Å². The maximum Gasteiger partial charge on any atom is 0.251 e. The normalized spacial score (nSPS) is 25.8. The van der Waals surface area contributed by atoms with Gasteiger partial charge in [-0.3, -0.25) is 14.4 Å². The van der Waals surface area contributed by atoms with E-state index < -0.39 is 28.7 Å². The van der Waals surface area contributed by atoms with Crippen molar-refractivity contribution in [1.29, 1.82) is 0 Å². The van der Waals surface area contributed by atoms with E-state index in [1.54, 1.807) is 38.6 Å². The first-order chi connectivity index (χ1) is 22.8. The monoisotopic (exact) mass is 651 g/mol. The lowest BCUT2D eigenvalue weighted by atomic mass is 9.70. The summed E-state index contributed by atoms with van der Waals surface area (Å²) < 4.78 is -0.775. The van der Waals surface area contributed by atoms with E-state index in [4.69, 9.17) is 0 Å². The zero-order valence-electron chi connectivity index (χ0n) is 27.3. The molecule has 0 radical (unpaired) electrons. The van der Waals surface area contributed by atoms with Crippen molar-refractivity contribution < 1.29 is 19.5 Å². The van der Waals surface area contributed by atoms with E-state index in [1.807, 2.05) is 86.6 Å². The zero-order chi connectivity index (χ0) is 33.3. The van der Waals surface area contributed by atoms with Gasteiger partial charge in [0.05, 0.1) is 29.2 Å². The lowest BCUT2D eigenvalue weighted by Gasteiger charge is -2.41. The summed E-state index contributed by atoms with van der Waals surface area (Å²) in [6.07, 6.45) is 5.59. The van der Waals surface area contributed by atoms with Crippen LogP contribution in [0.1, 0.15) is 38.7 Å². The lowest BCUT2D eigenvalue weighted by molar-refractivity contribution is -0.146. The van der Waals surface area contributed by atoms with Gasteiger partial charge in [-0.05, 0) is 47.2 Å². The molecular formula is C39H45N3O4S. The Balaban J connectivity index is 1.42. The molecule has 3 amide bonds. The second-order valence-corrected chi connectivity index (χ2v) is 14.8. The van der Waals surface area contributed by atoms with Crippen molar-refractivity contribution in [2.45, 2.75) is 61.7 Å². The van der Waals surface area contributed by atoms with E-state index in [-0.39, 0.29) is 42.0 Å². The van der Waals surface area contributed by atoms with Crippen LogP contribution in [0.4, 0.5) is 5.69 Å². The number of anilines is 1. The number of benzene rings is 3. The summed E-state index contributed by atoms with van der Waals surface area (Å²) in [5.74, 6) is -1.71. The fraction of sp³-hybridized carbons (Fsp3) is 0.410. The highest BCUT2D eigenvalue weighted by Gasteiger charge is 2.74. The van der Waals surface area contributed by atoms with Crippen LogP contribution < -0.4 is 4.90 Å². The molecule has 0 aliphatic carbocycles. The Labute approximate surface area is 282 Å². The Kier molecular flexibility index (Phi) is 9.62. The minimum absolute atomic E-state index is 0.0466. The molecule has 3 heterocycles. The average molecular weight is 652 g/mol. The molecule has 0 saturated carbocycles. The van der Waals surface area contributed by atoms with Gasteiger partial charge in [-0.1, -0.05) is 93.1 Å². The number of carbonyl (C=O) groups is 3. The third-order valence-corrected chi connectivity index (χ3v) is 12.6. The van der Waals surface area contributed by atoms with Gasteiger partial charge in [0, 0.05) is 30.6 Å². The van der Waals surface area contributed by atoms with Crippen molar-refractivity contribution in [1.82, 2.24) is 9.80 Å². The zero-order valence-corrected chi connectivity index (χ0v) is 28.1. The van der Waals surface area contributed by atoms with E-state index in [0.29, 0.717) is 19.5 Å². The van der Waals surface area contributed by atoms with E-state index in [2.05, 4.69) is 13.2 Å². The number of thioether (sulfide) groups is 1. The predicted octanol–water partition coefficient (Wildman–Crippen LogP) is 6.07. The number of fused-ring (bicyclic) bond motifs is 2. The van der Waals surface area contributed by atoms with Gasteiger partial charge in [0.15, 0.2) is 0 Å². The Bertz CT molecular complexity index is 1660. The van der Waals surface area contributed by atoms with Gasteiger partial charge in [0.2, 0.25) is 11.8 Å². The number of aliphatic hydroxyl groups is 1. The number of nitrogens with zero attached hydrogens (tertiary/aromatic N) is 3. The number of aliphatic hydroxyl groups excluding tert-OH is 1. The van der Waals surface area contributed by atoms with Gasteiger partial charge < -0.3 is 19.8 Å². The molecule has 7 nitrogen and oxygen atoms in total. The molecule has 246 valence electrons. The van der Waals surface area contributed by atoms with Crippen LogP contribution in [0, 0.1) is 17.8 Å². The van der Waals surface area contributed by atoms with Gasteiger partial charge in [0.25, 0.3) is 5.91 Å². The van der Waals surface area contributed by atoms with Crippen LogP contribution in [0.5, 0.6) is 0 Å². The molecule has 7 atom stereocenters. The van der Waals surface area contributed by atoms with Gasteiger partial charge in [0.1, 0.15) is 6.04 Å². The highest BCUT2D eigenvalue weighted by Crippen LogP contribution is 2.67. The summed E-state index contributed by atoms with van der Waals surface area (Å²) in [6, 6.07) is 22.5. The lowest BCUT2D eigenvalue weighted by Crippen LogP contribution is -2.58. The van der Waals surface area contributed by atoms with Crippen molar-refractivity contribution in [2.24, 2.45) is 17.8 Å². The van der Waals surface area contributed by atoms with Crippen LogP contribution in [0.15, 0.2) is 98.1 Å². The molecule has 1 N–H and O–H groups in total. The van der Waals surface area contributed by atoms with Gasteiger partial charge >= 0.3 is 0 Å². The Morgan fingerprint density at radius 1 is 1.02 bits per heavy atom. The molecule has 0 aromatic heterocycles. The number of likely N-dealkylation sites (tertiary alicyclic amines) is 1. The standard InChI is InChI=1S/C39H45N3O4S/c1-5-21-40(24-27-13-9-8-10-14-27)36(44)33-32-19-20-39(47-32)34(33)37(45)42(31(25-43)26(4)7-3)35(39)38(46)41(22-6-2)30-18-17-28-15-11-12-16-29(28)23-30/h5-6,8-18,23,26,31-35,43H,1-2,7,19-22,24-25H2,3-4H3/t26-,31-,32-,33+,34-,35?,39?/m0/s1. The number of rotatable bonds is 13. The summed E-state index contributed by atoms with van der Waals surface area (Å²) in [5.41, 5.74) is 1.74. The SMILES string of the molecule is C=CCN(Cc1ccccc1)C(=O)[C@@H]1[C@@H]2CCC3(S2)C(C(=O)N(CC=C)c2ccc4ccccc4c2)N([C@@H](CO)[C@@H](C)CC)C(=O)[C@H]13. The molecule has 2 unspecified atom stereocenters. The Hall–Kier alpha value is -3.88. The van der Waals surface area contributed by atoms with E-state index >= 15 is 4.79 Å². The van der Waals surface area contributed by atoms with Crippen LogP contribution >= 0.6 is 11.8 Å². The van der Waals surface area contributed by atoms with Gasteiger partial charge in [-0.2, -0.15) is 0 Å². The van der Waals surface area contributed by atoms with Crippen LogP contribution in [0.2, 0.25) is 0 Å². The minimum atomic E-state index is -0.827. The average Bonchev–Trinajstić information content (AvgIpc) is 3.74. The van der Waals surface area contributed by atoms with Crippen LogP contribution in [-0.2, 0) is 20.9 Å². The highest BCUT2D eigenvalue weighted by atomic mass is 32.2. The molecule has 2 bridgehead atoms. The molecule has 3 aliphatic heterocycles. The third kappa shape index (κ3) is 5.69. The first-order valence-corrected chi connectivity index (χ1v) is 17.6. The number of amides is 3. The van der Waals surface area contributed by atoms with Crippen LogP contribution in [0.25, 0.3) is 10.8 Å². The molecule has 3 fully saturated rings. The second-order valence-electron chi connectivity index (χ2n) is 13.2. The summed E-state index contributed by atoms with van der Waals surface area (Å²) in [4.78, 5) is 49.8. The number of hydrogen-bond donors (Lipinski definition) is 1. The molecule has 3 aromatic rings. The summed E-state index contributed by atoms with van der Waals surface area (Å²) in [5, 5.41) is 12.8. The fourth-order valence-corrected chi connectivity index (χ4v) is 10.4. The Morgan fingerprint density at radius 2 is 1.72 bits per heavy atom. The molecule has 1 spiro atoms. The summed E-state index contributed by atoms with van der Waals surface area (Å²) >= 11 is 1.66. The summed E-state index contributed by atoms with van der Waals surface area (Å²) in [6.45, 7) is 12.7. The van der Waals surface area contributed by atoms with E-state index in [0.717, 1.165) is 34.9 Å². The maximum absolute atomic E-state index is 15.1. The Morgan fingerprint density at radius 3 is 2.40 bits per heavy atom. The third-order valence-electron chi connectivity index (χ3n) is 10.6. The smallest absolute Gasteiger partial charge is 0.251 e. The number of hydrogen-bond acceptors (Lipinski definition) is 5. The minimum Gasteiger partial charge on any atom is -0.394 e. The molecule has 6 rings (SSSR count).